The lowest BCUT2D eigenvalue weighted by atomic mass is 10.2. The molecule has 0 radical (unpaired) electrons. The first-order chi connectivity index (χ1) is 11.9. The van der Waals surface area contributed by atoms with Gasteiger partial charge < -0.3 is 10.6 Å². The van der Waals surface area contributed by atoms with Crippen LogP contribution in [0.15, 0.2) is 36.4 Å². The molecule has 0 heterocycles. The second-order valence-corrected chi connectivity index (χ2v) is 6.43. The minimum absolute atomic E-state index is 0.266. The van der Waals surface area contributed by atoms with Crippen molar-refractivity contribution in [3.63, 3.8) is 0 Å². The summed E-state index contributed by atoms with van der Waals surface area (Å²) in [5.41, 5.74) is -0.255. The van der Waals surface area contributed by atoms with E-state index < -0.39 is 41.0 Å². The summed E-state index contributed by atoms with van der Waals surface area (Å²) in [5, 5.41) is 5.32. The van der Waals surface area contributed by atoms with E-state index in [4.69, 9.17) is 23.2 Å². The van der Waals surface area contributed by atoms with Crippen molar-refractivity contribution >= 4 is 46.4 Å². The predicted molar refractivity (Wildman–Crippen MR) is 91.7 cm³/mol. The van der Waals surface area contributed by atoms with Gasteiger partial charge >= 0.3 is 0 Å². The Morgan fingerprint density at radius 2 is 1.28 bits per heavy atom. The molecule has 2 aromatic carbocycles. The molecule has 1 fully saturated rings. The zero-order chi connectivity index (χ0) is 18.1. The maximum atomic E-state index is 13.6. The van der Waals surface area contributed by atoms with Crippen LogP contribution >= 0.6 is 23.2 Å². The lowest BCUT2D eigenvalue weighted by Crippen LogP contribution is -2.21. The number of carbonyl (C=O) groups excluding carboxylic acids is 2. The Labute approximate surface area is 152 Å². The van der Waals surface area contributed by atoms with Crippen LogP contribution in [0.2, 0.25) is 10.0 Å². The molecular weight excluding hydrogens is 373 g/mol. The molecule has 1 aliphatic rings. The summed E-state index contributed by atoms with van der Waals surface area (Å²) in [6.07, 6.45) is 0.274. The SMILES string of the molecule is O=C(Nc1c(F)cccc1F)C1CC1C(=O)Nc1c(Cl)cccc1Cl. The molecule has 3 rings (SSSR count). The van der Waals surface area contributed by atoms with E-state index in [0.29, 0.717) is 0 Å². The van der Waals surface area contributed by atoms with Crippen molar-refractivity contribution in [2.24, 2.45) is 11.8 Å². The molecule has 0 saturated heterocycles. The van der Waals surface area contributed by atoms with Crippen molar-refractivity contribution in [3.05, 3.63) is 58.1 Å². The number of halogens is 4. The monoisotopic (exact) mass is 384 g/mol. The number of hydrogen-bond donors (Lipinski definition) is 2. The average Bonchev–Trinajstić information content (AvgIpc) is 3.35. The molecule has 0 aromatic heterocycles. The Bertz CT molecular complexity index is 751. The highest BCUT2D eigenvalue weighted by Crippen LogP contribution is 2.41. The molecule has 25 heavy (non-hydrogen) atoms. The van der Waals surface area contributed by atoms with Crippen molar-refractivity contribution in [1.82, 2.24) is 0 Å². The minimum Gasteiger partial charge on any atom is -0.323 e. The Kier molecular flexibility index (Phi) is 4.92. The summed E-state index contributed by atoms with van der Waals surface area (Å²) < 4.78 is 27.1. The molecule has 2 atom stereocenters. The van der Waals surface area contributed by atoms with Gasteiger partial charge in [-0.1, -0.05) is 35.3 Å². The van der Waals surface area contributed by atoms with Gasteiger partial charge in [-0.05, 0) is 30.7 Å². The Hall–Kier alpha value is -2.18. The Morgan fingerprint density at radius 3 is 1.80 bits per heavy atom. The van der Waals surface area contributed by atoms with E-state index in [9.17, 15) is 18.4 Å². The fraction of sp³-hybridized carbons (Fsp3) is 0.176. The number of nitrogens with one attached hydrogen (secondary N) is 2. The van der Waals surface area contributed by atoms with Gasteiger partial charge in [-0.25, -0.2) is 8.78 Å². The van der Waals surface area contributed by atoms with Gasteiger partial charge in [0.05, 0.1) is 27.6 Å². The topological polar surface area (TPSA) is 58.2 Å². The summed E-state index contributed by atoms with van der Waals surface area (Å²) in [6, 6.07) is 8.05. The van der Waals surface area contributed by atoms with Gasteiger partial charge in [0.25, 0.3) is 0 Å². The molecule has 0 spiro atoms. The van der Waals surface area contributed by atoms with E-state index in [2.05, 4.69) is 10.6 Å². The van der Waals surface area contributed by atoms with Gasteiger partial charge in [0.2, 0.25) is 11.8 Å². The van der Waals surface area contributed by atoms with E-state index in [1.165, 1.54) is 6.07 Å². The largest absolute Gasteiger partial charge is 0.323 e. The standard InChI is InChI=1S/C17H12Cl2F2N2O2/c18-10-3-1-4-11(19)14(10)22-16(24)8-7-9(8)17(25)23-15-12(20)5-2-6-13(15)21/h1-6,8-9H,7H2,(H,22,24)(H,23,25). The predicted octanol–water partition coefficient (Wildman–Crippen LogP) is 4.48. The lowest BCUT2D eigenvalue weighted by Gasteiger charge is -2.09. The summed E-state index contributed by atoms with van der Waals surface area (Å²) in [5.74, 6) is -4.07. The number of carbonyl (C=O) groups is 2. The molecule has 2 N–H and O–H groups in total. The van der Waals surface area contributed by atoms with Crippen molar-refractivity contribution in [1.29, 1.82) is 0 Å². The van der Waals surface area contributed by atoms with Crippen LogP contribution in [0.3, 0.4) is 0 Å². The number of hydrogen-bond acceptors (Lipinski definition) is 2. The van der Waals surface area contributed by atoms with Crippen LogP contribution in [0.1, 0.15) is 6.42 Å². The summed E-state index contributed by atoms with van der Waals surface area (Å²) >= 11 is 12.0. The van der Waals surface area contributed by atoms with Crippen molar-refractivity contribution in [2.45, 2.75) is 6.42 Å². The maximum Gasteiger partial charge on any atom is 0.228 e. The molecule has 1 saturated carbocycles. The molecular formula is C17H12Cl2F2N2O2. The molecule has 0 bridgehead atoms. The van der Waals surface area contributed by atoms with Gasteiger partial charge in [-0.2, -0.15) is 0 Å². The Balaban J connectivity index is 1.64. The zero-order valence-electron chi connectivity index (χ0n) is 12.7. The highest BCUT2D eigenvalue weighted by molar-refractivity contribution is 6.39. The zero-order valence-corrected chi connectivity index (χ0v) is 14.2. The molecule has 4 nitrogen and oxygen atoms in total. The third kappa shape index (κ3) is 3.75. The summed E-state index contributed by atoms with van der Waals surface area (Å²) in [4.78, 5) is 24.3. The van der Waals surface area contributed by atoms with E-state index in [1.54, 1.807) is 18.2 Å². The second-order valence-electron chi connectivity index (χ2n) is 5.62. The molecule has 2 amide bonds. The number of rotatable bonds is 4. The summed E-state index contributed by atoms with van der Waals surface area (Å²) in [6.45, 7) is 0. The second kappa shape index (κ2) is 6.98. The third-order valence-electron chi connectivity index (χ3n) is 3.89. The smallest absolute Gasteiger partial charge is 0.228 e. The fourth-order valence-electron chi connectivity index (χ4n) is 2.44. The van der Waals surface area contributed by atoms with Gasteiger partial charge in [0, 0.05) is 0 Å². The van der Waals surface area contributed by atoms with Crippen LogP contribution in [0.4, 0.5) is 20.2 Å². The quantitative estimate of drug-likeness (QED) is 0.815. The molecule has 8 heteroatoms. The maximum absolute atomic E-state index is 13.6. The van der Waals surface area contributed by atoms with Crippen LogP contribution in [0.25, 0.3) is 0 Å². The van der Waals surface area contributed by atoms with Crippen LogP contribution in [0.5, 0.6) is 0 Å². The van der Waals surface area contributed by atoms with Gasteiger partial charge in [0.15, 0.2) is 0 Å². The Morgan fingerprint density at radius 1 is 0.840 bits per heavy atom. The van der Waals surface area contributed by atoms with Crippen LogP contribution < -0.4 is 10.6 Å². The van der Waals surface area contributed by atoms with Crippen LogP contribution in [-0.2, 0) is 9.59 Å². The molecule has 130 valence electrons. The molecule has 2 unspecified atom stereocenters. The number of amides is 2. The lowest BCUT2D eigenvalue weighted by molar-refractivity contribution is -0.122. The minimum atomic E-state index is -0.877. The van der Waals surface area contributed by atoms with Crippen molar-refractivity contribution in [3.8, 4) is 0 Å². The van der Waals surface area contributed by atoms with E-state index in [-0.39, 0.29) is 22.2 Å². The van der Waals surface area contributed by atoms with Gasteiger partial charge in [-0.3, -0.25) is 9.59 Å². The van der Waals surface area contributed by atoms with Gasteiger partial charge in [0.1, 0.15) is 17.3 Å². The first kappa shape index (κ1) is 17.6. The van der Waals surface area contributed by atoms with E-state index >= 15 is 0 Å². The van der Waals surface area contributed by atoms with Crippen LogP contribution in [-0.4, -0.2) is 11.8 Å². The fourth-order valence-corrected chi connectivity index (χ4v) is 2.93. The first-order valence-electron chi connectivity index (χ1n) is 7.38. The average molecular weight is 385 g/mol. The van der Waals surface area contributed by atoms with E-state index in [0.717, 1.165) is 12.1 Å². The normalized spacial score (nSPS) is 18.6. The molecule has 1 aliphatic carbocycles. The van der Waals surface area contributed by atoms with Gasteiger partial charge in [-0.15, -0.1) is 0 Å². The number of anilines is 2. The molecule has 2 aromatic rings. The van der Waals surface area contributed by atoms with Crippen molar-refractivity contribution < 1.29 is 18.4 Å². The van der Waals surface area contributed by atoms with Crippen molar-refractivity contribution in [2.75, 3.05) is 10.6 Å². The highest BCUT2D eigenvalue weighted by atomic mass is 35.5. The third-order valence-corrected chi connectivity index (χ3v) is 4.52. The highest BCUT2D eigenvalue weighted by Gasteiger charge is 2.48. The molecule has 0 aliphatic heterocycles. The van der Waals surface area contributed by atoms with E-state index in [1.807, 2.05) is 0 Å². The summed E-state index contributed by atoms with van der Waals surface area (Å²) in [7, 11) is 0. The number of para-hydroxylation sites is 2. The number of benzene rings is 2. The first-order valence-corrected chi connectivity index (χ1v) is 8.14. The van der Waals surface area contributed by atoms with Crippen LogP contribution in [0, 0.1) is 23.5 Å².